The molecule has 3 N–H and O–H groups in total. The second kappa shape index (κ2) is 9.11. The Labute approximate surface area is 188 Å². The number of aromatic nitrogens is 2. The van der Waals surface area contributed by atoms with Gasteiger partial charge in [0.25, 0.3) is 5.91 Å². The molecule has 0 unspecified atom stereocenters. The van der Waals surface area contributed by atoms with Crippen LogP contribution in [0.5, 0.6) is 5.88 Å². The predicted molar refractivity (Wildman–Crippen MR) is 116 cm³/mol. The zero-order valence-electron chi connectivity index (χ0n) is 19.0. The molecule has 9 heteroatoms. The molecule has 0 saturated heterocycles. The summed E-state index contributed by atoms with van der Waals surface area (Å²) in [6.07, 6.45) is 7.61. The van der Waals surface area contributed by atoms with Gasteiger partial charge in [-0.1, -0.05) is 13.8 Å². The number of nitrogens with one attached hydrogen (secondary N) is 2. The highest BCUT2D eigenvalue weighted by Gasteiger charge is 2.48. The summed E-state index contributed by atoms with van der Waals surface area (Å²) in [5, 5.41) is 18.9. The second-order valence-corrected chi connectivity index (χ2v) is 10.3. The van der Waals surface area contributed by atoms with Crippen molar-refractivity contribution in [1.82, 2.24) is 20.4 Å². The molecule has 0 spiro atoms. The number of carbonyl (C=O) groups excluding carboxylic acids is 2. The van der Waals surface area contributed by atoms with Gasteiger partial charge in [0, 0.05) is 6.04 Å². The number of carboxylic acids is 1. The van der Waals surface area contributed by atoms with Crippen LogP contribution in [0, 0.1) is 29.6 Å². The number of ether oxygens (including phenoxy) is 1. The van der Waals surface area contributed by atoms with Gasteiger partial charge in [-0.15, -0.1) is 0 Å². The Kier molecular flexibility index (Phi) is 6.44. The van der Waals surface area contributed by atoms with Crippen molar-refractivity contribution in [2.24, 2.45) is 29.6 Å². The van der Waals surface area contributed by atoms with Gasteiger partial charge < -0.3 is 20.5 Å². The Bertz CT molecular complexity index is 852. The first-order valence-corrected chi connectivity index (χ1v) is 11.7. The molecule has 1 atom stereocenters. The minimum absolute atomic E-state index is 0.191. The summed E-state index contributed by atoms with van der Waals surface area (Å²) in [5.74, 6) is 1.37. The average Bonchev–Trinajstić information content (AvgIpc) is 3.10. The maximum Gasteiger partial charge on any atom is 0.325 e. The highest BCUT2D eigenvalue weighted by atomic mass is 16.5. The highest BCUT2D eigenvalue weighted by Crippen LogP contribution is 2.53. The van der Waals surface area contributed by atoms with Crippen LogP contribution in [0.15, 0.2) is 6.20 Å². The zero-order chi connectivity index (χ0) is 23.0. The van der Waals surface area contributed by atoms with Crippen molar-refractivity contribution < 1.29 is 24.2 Å². The average molecular weight is 447 g/mol. The van der Waals surface area contributed by atoms with Crippen LogP contribution < -0.4 is 15.4 Å². The molecule has 4 bridgehead atoms. The first-order chi connectivity index (χ1) is 15.2. The summed E-state index contributed by atoms with van der Waals surface area (Å²) in [4.78, 5) is 36.5. The molecule has 1 aromatic rings. The lowest BCUT2D eigenvalue weighted by Gasteiger charge is -2.54. The molecule has 4 fully saturated rings. The lowest BCUT2D eigenvalue weighted by molar-refractivity contribution is -0.141. The van der Waals surface area contributed by atoms with E-state index in [1.807, 2.05) is 13.8 Å². The number of carbonyl (C=O) groups is 3. The molecule has 9 nitrogen and oxygen atoms in total. The fourth-order valence-corrected chi connectivity index (χ4v) is 5.92. The maximum atomic E-state index is 13.2. The number of hydrogen-bond donors (Lipinski definition) is 3. The van der Waals surface area contributed by atoms with Gasteiger partial charge in [0.05, 0.1) is 12.8 Å². The third-order valence-corrected chi connectivity index (χ3v) is 7.15. The van der Waals surface area contributed by atoms with Crippen molar-refractivity contribution in [1.29, 1.82) is 0 Å². The van der Waals surface area contributed by atoms with E-state index in [1.54, 1.807) is 0 Å². The minimum atomic E-state index is -1.12. The summed E-state index contributed by atoms with van der Waals surface area (Å²) < 4.78 is 7.23. The van der Waals surface area contributed by atoms with Crippen molar-refractivity contribution in [2.45, 2.75) is 71.5 Å². The smallest absolute Gasteiger partial charge is 0.325 e. The third kappa shape index (κ3) is 4.76. The van der Waals surface area contributed by atoms with Crippen molar-refractivity contribution in [3.8, 4) is 5.88 Å². The van der Waals surface area contributed by atoms with Crippen LogP contribution in [0.3, 0.4) is 0 Å². The van der Waals surface area contributed by atoms with E-state index < -0.39 is 17.9 Å². The van der Waals surface area contributed by atoms with Crippen molar-refractivity contribution in [2.75, 3.05) is 6.61 Å². The van der Waals surface area contributed by atoms with E-state index in [0.29, 0.717) is 24.0 Å². The van der Waals surface area contributed by atoms with Crippen molar-refractivity contribution >= 4 is 17.8 Å². The summed E-state index contributed by atoms with van der Waals surface area (Å²) in [6.45, 7) is 5.53. The number of aliphatic carboxylic acids is 1. The fourth-order valence-electron chi connectivity index (χ4n) is 5.92. The molecule has 176 valence electrons. The van der Waals surface area contributed by atoms with Gasteiger partial charge in [0.2, 0.25) is 11.8 Å². The SMILES string of the molecule is CC(C)COc1c(C(=O)NC2C3CC4CC(C3)CC2C4)cnn1CC(=O)N[C@@H](C)C(=O)O. The lowest BCUT2D eigenvalue weighted by atomic mass is 9.54. The Morgan fingerprint density at radius 2 is 1.75 bits per heavy atom. The number of carboxylic acid groups (broad SMARTS) is 1. The Balaban J connectivity index is 1.48. The summed E-state index contributed by atoms with van der Waals surface area (Å²) in [6, 6.07) is -0.825. The van der Waals surface area contributed by atoms with E-state index in [0.717, 1.165) is 11.8 Å². The number of amides is 2. The van der Waals surface area contributed by atoms with Gasteiger partial charge in [0.15, 0.2) is 0 Å². The van der Waals surface area contributed by atoms with Gasteiger partial charge in [-0.2, -0.15) is 5.10 Å². The molecule has 4 saturated carbocycles. The zero-order valence-corrected chi connectivity index (χ0v) is 19.0. The quantitative estimate of drug-likeness (QED) is 0.534. The minimum Gasteiger partial charge on any atom is -0.480 e. The van der Waals surface area contributed by atoms with Gasteiger partial charge >= 0.3 is 5.97 Å². The van der Waals surface area contributed by atoms with Crippen LogP contribution in [0.1, 0.15) is 63.2 Å². The molecular weight excluding hydrogens is 412 g/mol. The molecule has 1 aromatic heterocycles. The summed E-state index contributed by atoms with van der Waals surface area (Å²) in [5.41, 5.74) is 0.318. The largest absolute Gasteiger partial charge is 0.480 e. The molecule has 0 aromatic carbocycles. The third-order valence-electron chi connectivity index (χ3n) is 7.15. The van der Waals surface area contributed by atoms with Crippen molar-refractivity contribution in [3.05, 3.63) is 11.8 Å². The first kappa shape index (κ1) is 22.6. The number of hydrogen-bond acceptors (Lipinski definition) is 5. The van der Waals surface area contributed by atoms with Crippen LogP contribution in [-0.2, 0) is 16.1 Å². The van der Waals surface area contributed by atoms with E-state index in [-0.39, 0.29) is 30.3 Å². The molecular formula is C23H34N4O5. The summed E-state index contributed by atoms with van der Waals surface area (Å²) in [7, 11) is 0. The molecule has 2 amide bonds. The molecule has 1 heterocycles. The highest BCUT2D eigenvalue weighted by molar-refractivity contribution is 5.96. The van der Waals surface area contributed by atoms with Gasteiger partial charge in [0.1, 0.15) is 18.2 Å². The topological polar surface area (TPSA) is 123 Å². The van der Waals surface area contributed by atoms with E-state index in [2.05, 4.69) is 15.7 Å². The van der Waals surface area contributed by atoms with Crippen molar-refractivity contribution in [3.63, 3.8) is 0 Å². The van der Waals surface area contributed by atoms with E-state index in [4.69, 9.17) is 9.84 Å². The van der Waals surface area contributed by atoms with E-state index >= 15 is 0 Å². The van der Waals surface area contributed by atoms with Gasteiger partial charge in [-0.3, -0.25) is 14.4 Å². The van der Waals surface area contributed by atoms with Gasteiger partial charge in [-0.05, 0) is 68.6 Å². The lowest BCUT2D eigenvalue weighted by Crippen LogP contribution is -2.55. The van der Waals surface area contributed by atoms with Crippen LogP contribution >= 0.6 is 0 Å². The van der Waals surface area contributed by atoms with Crippen LogP contribution in [-0.4, -0.2) is 51.4 Å². The van der Waals surface area contributed by atoms with Crippen LogP contribution in [0.4, 0.5) is 0 Å². The Morgan fingerprint density at radius 1 is 1.12 bits per heavy atom. The standard InChI is InChI=1S/C23H34N4O5/c1-12(2)11-32-22-18(9-24-27(22)10-19(28)25-13(3)23(30)31)21(29)26-20-16-5-14-4-15(7-16)8-17(20)6-14/h9,12-17,20H,4-8,10-11H2,1-3H3,(H,25,28)(H,26,29)(H,30,31)/t13-,14?,15?,16?,17?,20?/m0/s1. The van der Waals surface area contributed by atoms with E-state index in [1.165, 1.54) is 49.9 Å². The van der Waals surface area contributed by atoms with Crippen LogP contribution in [0.2, 0.25) is 0 Å². The van der Waals surface area contributed by atoms with E-state index in [9.17, 15) is 14.4 Å². The number of nitrogens with zero attached hydrogens (tertiary/aromatic N) is 2. The molecule has 0 aliphatic heterocycles. The molecule has 5 rings (SSSR count). The predicted octanol–water partition coefficient (Wildman–Crippen LogP) is 2.06. The van der Waals surface area contributed by atoms with Crippen LogP contribution in [0.25, 0.3) is 0 Å². The molecule has 32 heavy (non-hydrogen) atoms. The molecule has 4 aliphatic rings. The fraction of sp³-hybridized carbons (Fsp3) is 0.739. The Morgan fingerprint density at radius 3 is 2.31 bits per heavy atom. The maximum absolute atomic E-state index is 13.2. The first-order valence-electron chi connectivity index (χ1n) is 11.7. The second-order valence-electron chi connectivity index (χ2n) is 10.3. The monoisotopic (exact) mass is 446 g/mol. The Hall–Kier alpha value is -2.58. The number of rotatable bonds is 9. The normalized spacial score (nSPS) is 29.1. The molecule has 4 aliphatic carbocycles. The summed E-state index contributed by atoms with van der Waals surface area (Å²) >= 11 is 0. The molecule has 0 radical (unpaired) electrons. The van der Waals surface area contributed by atoms with Gasteiger partial charge in [-0.25, -0.2) is 4.68 Å².